The smallest absolute Gasteiger partial charge is 0.358 e. The zero-order chi connectivity index (χ0) is 21.6. The van der Waals surface area contributed by atoms with Crippen molar-refractivity contribution in [2.75, 3.05) is 0 Å². The summed E-state index contributed by atoms with van der Waals surface area (Å²) in [5, 5.41) is 28.7. The lowest BCUT2D eigenvalue weighted by molar-refractivity contribution is -0.422. The Hall–Kier alpha value is -4.07. The molecule has 0 aliphatic carbocycles. The first kappa shape index (κ1) is 21.2. The number of nitrogens with two attached hydrogens (primary N) is 1. The van der Waals surface area contributed by atoms with Crippen LogP contribution in [0.15, 0.2) is 57.6 Å². The number of nitro benzene ring substituents is 2. The van der Waals surface area contributed by atoms with Crippen molar-refractivity contribution in [3.05, 3.63) is 73.8 Å². The number of nitrogens with one attached hydrogen (secondary N) is 1. The highest BCUT2D eigenvalue weighted by atomic mass is 32.2. The van der Waals surface area contributed by atoms with E-state index in [4.69, 9.17) is 5.73 Å². The number of rotatable bonds is 7. The summed E-state index contributed by atoms with van der Waals surface area (Å²) in [6.07, 6.45) is 0.891. The second-order valence-corrected chi connectivity index (χ2v) is 6.95. The van der Waals surface area contributed by atoms with E-state index in [9.17, 15) is 28.6 Å². The van der Waals surface area contributed by atoms with Crippen molar-refractivity contribution in [2.45, 2.75) is 11.8 Å². The molecule has 14 heteroatoms. The van der Waals surface area contributed by atoms with E-state index in [0.717, 1.165) is 17.8 Å². The fraction of sp³-hybridized carbons (Fsp3) is 0.0667. The van der Waals surface area contributed by atoms with Gasteiger partial charge in [0.05, 0.1) is 21.6 Å². The average Bonchev–Trinajstić information content (AvgIpc) is 2.66. The fourth-order valence-corrected chi connectivity index (χ4v) is 2.76. The Morgan fingerprint density at radius 3 is 2.38 bits per heavy atom. The summed E-state index contributed by atoms with van der Waals surface area (Å²) in [6, 6.07) is 9.22. The van der Waals surface area contributed by atoms with E-state index < -0.39 is 37.3 Å². The maximum absolute atomic E-state index is 12.0. The maximum atomic E-state index is 12.0. The summed E-state index contributed by atoms with van der Waals surface area (Å²) in [5.74, 6) is -0.579. The molecule has 0 radical (unpaired) electrons. The molecule has 0 bridgehead atoms. The van der Waals surface area contributed by atoms with Crippen molar-refractivity contribution in [3.63, 3.8) is 0 Å². The van der Waals surface area contributed by atoms with Gasteiger partial charge in [0.25, 0.3) is 5.96 Å². The highest BCUT2D eigenvalue weighted by molar-refractivity contribution is 7.86. The van der Waals surface area contributed by atoms with Crippen LogP contribution in [0.1, 0.15) is 11.1 Å². The third-order valence-corrected chi connectivity index (χ3v) is 4.47. The quantitative estimate of drug-likeness (QED) is 0.287. The first-order valence-corrected chi connectivity index (χ1v) is 9.07. The lowest BCUT2D eigenvalue weighted by Crippen LogP contribution is -2.28. The van der Waals surface area contributed by atoms with Gasteiger partial charge in [-0.25, -0.2) is 5.43 Å². The number of aryl methyl sites for hydroxylation is 1. The van der Waals surface area contributed by atoms with Crippen molar-refractivity contribution in [2.24, 2.45) is 16.0 Å². The van der Waals surface area contributed by atoms with Gasteiger partial charge in [0.15, 0.2) is 0 Å². The number of hydrazone groups is 1. The van der Waals surface area contributed by atoms with Gasteiger partial charge in [-0.15, -0.1) is 0 Å². The second-order valence-electron chi connectivity index (χ2n) is 5.42. The SMILES string of the molecule is Cc1ccc(S(=O)(=O)ON=C(N)NN=Cc2cccc([N+](=O)[O-])c2[N+](=O)[O-])cc1. The zero-order valence-corrected chi connectivity index (χ0v) is 15.6. The minimum Gasteiger partial charge on any atom is -0.366 e. The molecule has 13 nitrogen and oxygen atoms in total. The largest absolute Gasteiger partial charge is 0.366 e. The Balaban J connectivity index is 2.12. The van der Waals surface area contributed by atoms with E-state index in [0.29, 0.717) is 0 Å². The third kappa shape index (κ3) is 5.46. The molecule has 152 valence electrons. The highest BCUT2D eigenvalue weighted by Gasteiger charge is 2.27. The monoisotopic (exact) mass is 422 g/mol. The standard InChI is InChI=1S/C15H14N6O7S/c1-10-5-7-12(8-6-10)29(26,27)28-19-15(16)18-17-9-11-3-2-4-13(20(22)23)14(11)21(24)25/h2-9H,1H3,(H3,16,18,19). The molecule has 29 heavy (non-hydrogen) atoms. The Labute approximate surface area is 163 Å². The van der Waals surface area contributed by atoms with Gasteiger partial charge in [0, 0.05) is 6.07 Å². The molecule has 2 aromatic carbocycles. The number of hydrogen-bond acceptors (Lipinski definition) is 9. The molecule has 0 aliphatic rings. The van der Waals surface area contributed by atoms with Crippen molar-refractivity contribution < 1.29 is 22.5 Å². The zero-order valence-electron chi connectivity index (χ0n) is 14.8. The number of nitrogens with zero attached hydrogens (tertiary/aromatic N) is 4. The first-order chi connectivity index (χ1) is 13.6. The number of benzene rings is 2. The Morgan fingerprint density at radius 1 is 1.14 bits per heavy atom. The molecule has 0 atom stereocenters. The summed E-state index contributed by atoms with van der Waals surface area (Å²) in [6.45, 7) is 1.78. The molecule has 3 N–H and O–H groups in total. The van der Waals surface area contributed by atoms with Crippen LogP contribution in [0.4, 0.5) is 11.4 Å². The predicted octanol–water partition coefficient (Wildman–Crippen LogP) is 1.37. The highest BCUT2D eigenvalue weighted by Crippen LogP contribution is 2.29. The van der Waals surface area contributed by atoms with Crippen molar-refractivity contribution >= 4 is 33.7 Å². The molecule has 0 amide bonds. The first-order valence-electron chi connectivity index (χ1n) is 7.66. The molecule has 0 aliphatic heterocycles. The molecule has 0 unspecified atom stereocenters. The van der Waals surface area contributed by atoms with Crippen LogP contribution in [0, 0.1) is 27.2 Å². The molecule has 0 heterocycles. The van der Waals surface area contributed by atoms with Crippen LogP contribution >= 0.6 is 0 Å². The minimum absolute atomic E-state index is 0.143. The van der Waals surface area contributed by atoms with Gasteiger partial charge in [0.1, 0.15) is 4.90 Å². The number of oxime groups is 1. The normalized spacial score (nSPS) is 12.0. The Kier molecular flexibility index (Phi) is 6.40. The molecular formula is C15H14N6O7S. The molecule has 0 fully saturated rings. The molecule has 0 spiro atoms. The van der Waals surface area contributed by atoms with Gasteiger partial charge >= 0.3 is 21.5 Å². The number of hydrogen-bond donors (Lipinski definition) is 2. The third-order valence-electron chi connectivity index (χ3n) is 3.35. The summed E-state index contributed by atoms with van der Waals surface area (Å²) in [4.78, 5) is 20.0. The molecule has 0 aromatic heterocycles. The Bertz CT molecular complexity index is 1100. The summed E-state index contributed by atoms with van der Waals surface area (Å²) in [5.41, 5.74) is 6.69. The van der Waals surface area contributed by atoms with Crippen LogP contribution in [0.25, 0.3) is 0 Å². The topological polar surface area (TPSA) is 192 Å². The fourth-order valence-electron chi connectivity index (χ4n) is 2.02. The maximum Gasteiger partial charge on any atom is 0.358 e. The van der Waals surface area contributed by atoms with E-state index in [1.165, 1.54) is 24.3 Å². The van der Waals surface area contributed by atoms with E-state index >= 15 is 0 Å². The molecule has 2 aromatic rings. The molecule has 0 saturated heterocycles. The van der Waals surface area contributed by atoms with E-state index in [1.54, 1.807) is 19.1 Å². The van der Waals surface area contributed by atoms with Gasteiger partial charge < -0.3 is 5.73 Å². The van der Waals surface area contributed by atoms with Crippen LogP contribution in [0.5, 0.6) is 0 Å². The van der Waals surface area contributed by atoms with Gasteiger partial charge in [-0.1, -0.05) is 23.8 Å². The van der Waals surface area contributed by atoms with Crippen molar-refractivity contribution in [1.82, 2.24) is 5.43 Å². The van der Waals surface area contributed by atoms with Gasteiger partial charge in [0.2, 0.25) is 0 Å². The van der Waals surface area contributed by atoms with Crippen LogP contribution in [0.3, 0.4) is 0 Å². The lowest BCUT2D eigenvalue weighted by atomic mass is 10.1. The van der Waals surface area contributed by atoms with Crippen molar-refractivity contribution in [3.8, 4) is 0 Å². The number of para-hydroxylation sites is 1. The van der Waals surface area contributed by atoms with Gasteiger partial charge in [-0.3, -0.25) is 24.5 Å². The molecular weight excluding hydrogens is 408 g/mol. The number of guanidine groups is 1. The molecule has 0 saturated carbocycles. The summed E-state index contributed by atoms with van der Waals surface area (Å²) < 4.78 is 28.4. The van der Waals surface area contributed by atoms with E-state index in [-0.39, 0.29) is 10.5 Å². The average molecular weight is 422 g/mol. The lowest BCUT2D eigenvalue weighted by Gasteiger charge is -2.03. The van der Waals surface area contributed by atoms with Crippen molar-refractivity contribution in [1.29, 1.82) is 0 Å². The summed E-state index contributed by atoms with van der Waals surface area (Å²) >= 11 is 0. The Morgan fingerprint density at radius 2 is 1.79 bits per heavy atom. The van der Waals surface area contributed by atoms with Crippen LogP contribution in [-0.2, 0) is 14.4 Å². The van der Waals surface area contributed by atoms with Crippen LogP contribution in [-0.4, -0.2) is 30.4 Å². The van der Waals surface area contributed by atoms with Gasteiger partial charge in [-0.05, 0) is 30.3 Å². The predicted molar refractivity (Wildman–Crippen MR) is 102 cm³/mol. The van der Waals surface area contributed by atoms with E-state index in [1.807, 2.05) is 0 Å². The minimum atomic E-state index is -4.21. The van der Waals surface area contributed by atoms with Crippen LogP contribution in [0.2, 0.25) is 0 Å². The van der Waals surface area contributed by atoms with Crippen LogP contribution < -0.4 is 11.2 Å². The van der Waals surface area contributed by atoms with Gasteiger partial charge in [-0.2, -0.15) is 13.5 Å². The van der Waals surface area contributed by atoms with E-state index in [2.05, 4.69) is 20.0 Å². The second kappa shape index (κ2) is 8.75. The summed E-state index contributed by atoms with van der Waals surface area (Å²) in [7, 11) is -4.21. The molecule has 2 rings (SSSR count). The number of nitro groups is 2.